The van der Waals surface area contributed by atoms with Crippen molar-refractivity contribution in [2.45, 2.75) is 10.6 Å². The summed E-state index contributed by atoms with van der Waals surface area (Å²) in [5.41, 5.74) is -0.102. The Labute approximate surface area is 169 Å². The molecule has 28 heavy (non-hydrogen) atoms. The van der Waals surface area contributed by atoms with E-state index in [1.807, 2.05) is 0 Å². The zero-order valence-electron chi connectivity index (χ0n) is 15.2. The second kappa shape index (κ2) is 9.19. The summed E-state index contributed by atoms with van der Waals surface area (Å²) in [4.78, 5) is 0.118. The van der Waals surface area contributed by atoms with E-state index in [0.29, 0.717) is 5.75 Å². The monoisotopic (exact) mass is 450 g/mol. The molecular formula is C17H20ClFN2O5S2. The predicted octanol–water partition coefficient (Wildman–Crippen LogP) is 2.23. The van der Waals surface area contributed by atoms with Crippen LogP contribution in [0.5, 0.6) is 5.75 Å². The molecule has 0 fully saturated rings. The Morgan fingerprint density at radius 3 is 2.29 bits per heavy atom. The summed E-state index contributed by atoms with van der Waals surface area (Å²) in [7, 11) is -4.48. The van der Waals surface area contributed by atoms with Crippen LogP contribution in [0.4, 0.5) is 4.39 Å². The van der Waals surface area contributed by atoms with Gasteiger partial charge in [-0.2, -0.15) is 0 Å². The van der Waals surface area contributed by atoms with Crippen LogP contribution in [0.2, 0.25) is 5.02 Å². The Hall–Kier alpha value is -1.72. The second-order valence-corrected chi connectivity index (χ2v) is 10.3. The highest BCUT2D eigenvalue weighted by Crippen LogP contribution is 2.21. The van der Waals surface area contributed by atoms with Gasteiger partial charge in [-0.15, -0.1) is 0 Å². The van der Waals surface area contributed by atoms with Crippen molar-refractivity contribution in [3.05, 3.63) is 58.9 Å². The Bertz CT molecular complexity index is 1010. The van der Waals surface area contributed by atoms with Gasteiger partial charge in [-0.25, -0.2) is 30.3 Å². The number of rotatable bonds is 9. The molecule has 2 rings (SSSR count). The first kappa shape index (κ1) is 22.6. The van der Waals surface area contributed by atoms with Crippen molar-refractivity contribution < 1.29 is 26.0 Å². The van der Waals surface area contributed by atoms with Gasteiger partial charge in [0.15, 0.2) is 0 Å². The molecular weight excluding hydrogens is 431 g/mol. The van der Waals surface area contributed by atoms with E-state index < -0.39 is 31.6 Å². The SMILES string of the molecule is CN(C)S(=O)(=O)c1ccc(OCCNS(=O)(=O)Cc2c(F)cccc2Cl)cc1. The van der Waals surface area contributed by atoms with Gasteiger partial charge in [0.05, 0.1) is 10.6 Å². The van der Waals surface area contributed by atoms with E-state index in [-0.39, 0.29) is 28.6 Å². The lowest BCUT2D eigenvalue weighted by molar-refractivity contribution is 0.322. The molecule has 0 unspecified atom stereocenters. The van der Waals surface area contributed by atoms with E-state index in [2.05, 4.69) is 4.72 Å². The van der Waals surface area contributed by atoms with Crippen molar-refractivity contribution in [3.8, 4) is 5.75 Å². The quantitative estimate of drug-likeness (QED) is 0.591. The molecule has 0 aliphatic carbocycles. The number of nitrogens with one attached hydrogen (secondary N) is 1. The predicted molar refractivity (Wildman–Crippen MR) is 105 cm³/mol. The minimum Gasteiger partial charge on any atom is -0.492 e. The zero-order valence-corrected chi connectivity index (χ0v) is 17.6. The summed E-state index contributed by atoms with van der Waals surface area (Å²) in [5.74, 6) is -0.897. The Morgan fingerprint density at radius 1 is 1.07 bits per heavy atom. The minimum atomic E-state index is -3.81. The molecule has 0 saturated carbocycles. The van der Waals surface area contributed by atoms with Gasteiger partial charge >= 0.3 is 0 Å². The lowest BCUT2D eigenvalue weighted by Gasteiger charge is -2.12. The molecule has 2 aromatic carbocycles. The number of nitrogens with zero attached hydrogens (tertiary/aromatic N) is 1. The van der Waals surface area contributed by atoms with Crippen molar-refractivity contribution in [1.82, 2.24) is 9.03 Å². The van der Waals surface area contributed by atoms with Crippen molar-refractivity contribution in [3.63, 3.8) is 0 Å². The van der Waals surface area contributed by atoms with E-state index in [4.69, 9.17) is 16.3 Å². The molecule has 0 aromatic heterocycles. The van der Waals surface area contributed by atoms with Crippen molar-refractivity contribution in [1.29, 1.82) is 0 Å². The van der Waals surface area contributed by atoms with E-state index in [0.717, 1.165) is 10.4 Å². The van der Waals surface area contributed by atoms with Gasteiger partial charge in [-0.05, 0) is 36.4 Å². The topological polar surface area (TPSA) is 92.8 Å². The number of hydrogen-bond acceptors (Lipinski definition) is 5. The summed E-state index contributed by atoms with van der Waals surface area (Å²) < 4.78 is 70.6. The van der Waals surface area contributed by atoms with Gasteiger partial charge in [0.2, 0.25) is 20.0 Å². The molecule has 0 bridgehead atoms. The largest absolute Gasteiger partial charge is 0.492 e. The van der Waals surface area contributed by atoms with Crippen LogP contribution in [0, 0.1) is 5.82 Å². The van der Waals surface area contributed by atoms with Crippen molar-refractivity contribution >= 4 is 31.6 Å². The zero-order chi connectivity index (χ0) is 20.9. The molecule has 0 aliphatic heterocycles. The van der Waals surface area contributed by atoms with E-state index in [9.17, 15) is 21.2 Å². The van der Waals surface area contributed by atoms with Crippen LogP contribution in [0.1, 0.15) is 5.56 Å². The third-order valence-electron chi connectivity index (χ3n) is 3.69. The Balaban J connectivity index is 1.88. The van der Waals surface area contributed by atoms with Crippen LogP contribution < -0.4 is 9.46 Å². The maximum absolute atomic E-state index is 13.7. The van der Waals surface area contributed by atoms with Gasteiger partial charge in [-0.1, -0.05) is 17.7 Å². The van der Waals surface area contributed by atoms with Crippen molar-refractivity contribution in [2.24, 2.45) is 0 Å². The lowest BCUT2D eigenvalue weighted by atomic mass is 10.2. The molecule has 154 valence electrons. The molecule has 0 spiro atoms. The number of sulfonamides is 2. The maximum atomic E-state index is 13.7. The first-order valence-electron chi connectivity index (χ1n) is 8.08. The van der Waals surface area contributed by atoms with E-state index in [1.54, 1.807) is 0 Å². The summed E-state index contributed by atoms with van der Waals surface area (Å²) in [5, 5.41) is 0.0365. The fourth-order valence-corrected chi connectivity index (χ4v) is 4.58. The first-order chi connectivity index (χ1) is 13.0. The highest BCUT2D eigenvalue weighted by Gasteiger charge is 2.18. The average Bonchev–Trinajstić information content (AvgIpc) is 2.62. The van der Waals surface area contributed by atoms with Gasteiger partial charge in [0.25, 0.3) is 0 Å². The molecule has 11 heteroatoms. The van der Waals surface area contributed by atoms with Gasteiger partial charge < -0.3 is 4.74 Å². The molecule has 0 heterocycles. The summed E-state index contributed by atoms with van der Waals surface area (Å²) in [6.45, 7) is -0.0455. The molecule has 1 N–H and O–H groups in total. The molecule has 7 nitrogen and oxygen atoms in total. The standard InChI is InChI=1S/C17H20ClFN2O5S2/c1-21(2)28(24,25)14-8-6-13(7-9-14)26-11-10-20-27(22,23)12-15-16(18)4-3-5-17(15)19/h3-9,20H,10-12H2,1-2H3. The first-order valence-corrected chi connectivity index (χ1v) is 11.6. The van der Waals surface area contributed by atoms with Crippen LogP contribution in [-0.2, 0) is 25.8 Å². The third-order valence-corrected chi connectivity index (χ3v) is 7.19. The summed E-state index contributed by atoms with van der Waals surface area (Å²) in [6.07, 6.45) is 0. The van der Waals surface area contributed by atoms with Gasteiger partial charge in [0.1, 0.15) is 18.2 Å². The molecule has 0 atom stereocenters. The fraction of sp³-hybridized carbons (Fsp3) is 0.294. The van der Waals surface area contributed by atoms with E-state index >= 15 is 0 Å². The van der Waals surface area contributed by atoms with Crippen LogP contribution >= 0.6 is 11.6 Å². The Morgan fingerprint density at radius 2 is 1.71 bits per heavy atom. The van der Waals surface area contributed by atoms with Crippen LogP contribution in [-0.4, -0.2) is 48.4 Å². The van der Waals surface area contributed by atoms with Crippen molar-refractivity contribution in [2.75, 3.05) is 27.2 Å². The highest BCUT2D eigenvalue weighted by atomic mass is 35.5. The molecule has 0 radical (unpaired) electrons. The lowest BCUT2D eigenvalue weighted by Crippen LogP contribution is -2.29. The van der Waals surface area contributed by atoms with Crippen LogP contribution in [0.15, 0.2) is 47.4 Å². The molecule has 0 amide bonds. The maximum Gasteiger partial charge on any atom is 0.242 e. The molecule has 2 aromatic rings. The normalized spacial score (nSPS) is 12.3. The summed E-state index contributed by atoms with van der Waals surface area (Å²) in [6, 6.07) is 9.70. The van der Waals surface area contributed by atoms with Crippen LogP contribution in [0.3, 0.4) is 0 Å². The number of benzene rings is 2. The Kier molecular flexibility index (Phi) is 7.40. The van der Waals surface area contributed by atoms with Gasteiger partial charge in [0, 0.05) is 31.2 Å². The fourth-order valence-electron chi connectivity index (χ4n) is 2.20. The second-order valence-electron chi connectivity index (χ2n) is 5.96. The average molecular weight is 451 g/mol. The van der Waals surface area contributed by atoms with E-state index in [1.165, 1.54) is 50.5 Å². The number of ether oxygens (including phenoxy) is 1. The third kappa shape index (κ3) is 5.89. The highest BCUT2D eigenvalue weighted by molar-refractivity contribution is 7.89. The number of hydrogen-bond donors (Lipinski definition) is 1. The molecule has 0 aliphatic rings. The smallest absolute Gasteiger partial charge is 0.242 e. The number of halogens is 2. The van der Waals surface area contributed by atoms with Gasteiger partial charge in [-0.3, -0.25) is 0 Å². The van der Waals surface area contributed by atoms with Crippen LogP contribution in [0.25, 0.3) is 0 Å². The molecule has 0 saturated heterocycles. The minimum absolute atomic E-state index is 0.00398. The summed E-state index contributed by atoms with van der Waals surface area (Å²) >= 11 is 5.84.